The van der Waals surface area contributed by atoms with Crippen molar-refractivity contribution in [3.8, 4) is 0 Å². The number of hydrogen-bond acceptors (Lipinski definition) is 0. The van der Waals surface area contributed by atoms with E-state index in [0.717, 1.165) is 0 Å². The lowest BCUT2D eigenvalue weighted by Gasteiger charge is -1.96. The van der Waals surface area contributed by atoms with Gasteiger partial charge < -0.3 is 0 Å². The van der Waals surface area contributed by atoms with Crippen molar-refractivity contribution < 1.29 is 4.39 Å². The molecule has 0 amide bonds. The van der Waals surface area contributed by atoms with Crippen molar-refractivity contribution in [2.75, 3.05) is 0 Å². The molecule has 8 heavy (non-hydrogen) atoms. The first-order chi connectivity index (χ1) is 3.68. The molecule has 0 spiro atoms. The maximum absolute atomic E-state index is 12.1. The van der Waals surface area contributed by atoms with Crippen molar-refractivity contribution in [2.24, 2.45) is 0 Å². The molecule has 0 saturated heterocycles. The van der Waals surface area contributed by atoms with Gasteiger partial charge in [0.1, 0.15) is 6.17 Å². The van der Waals surface area contributed by atoms with Gasteiger partial charge in [-0.05, 0) is 19.4 Å². The lowest BCUT2D eigenvalue weighted by atomic mass is 10.2. The molecule has 0 aromatic rings. The Kier molecular flexibility index (Phi) is 3.16. The molecule has 1 atom stereocenters. The van der Waals surface area contributed by atoms with E-state index >= 15 is 0 Å². The molecule has 0 saturated carbocycles. The third-order valence-electron chi connectivity index (χ3n) is 0.892. The SMILES string of the molecule is C=C(/C=C\C)[C@@H](C)F. The third-order valence-corrected chi connectivity index (χ3v) is 0.892. The van der Waals surface area contributed by atoms with Gasteiger partial charge in [0.25, 0.3) is 0 Å². The molecule has 0 radical (unpaired) electrons. The normalized spacial score (nSPS) is 14.4. The summed E-state index contributed by atoms with van der Waals surface area (Å²) in [5.41, 5.74) is 0.535. The number of rotatable bonds is 2. The van der Waals surface area contributed by atoms with Gasteiger partial charge in [-0.25, -0.2) is 4.39 Å². The first-order valence-electron chi connectivity index (χ1n) is 2.64. The second-order valence-corrected chi connectivity index (χ2v) is 1.69. The fourth-order valence-electron chi connectivity index (χ4n) is 0.347. The molecule has 0 fully saturated rings. The van der Waals surface area contributed by atoms with Crippen LogP contribution in [-0.2, 0) is 0 Å². The first-order valence-corrected chi connectivity index (χ1v) is 2.64. The number of hydrogen-bond donors (Lipinski definition) is 0. The Morgan fingerprint density at radius 2 is 2.25 bits per heavy atom. The fraction of sp³-hybridized carbons (Fsp3) is 0.429. The van der Waals surface area contributed by atoms with Crippen LogP contribution in [0.4, 0.5) is 4.39 Å². The van der Waals surface area contributed by atoms with Crippen molar-refractivity contribution in [3.63, 3.8) is 0 Å². The minimum absolute atomic E-state index is 0.535. The number of allylic oxidation sites excluding steroid dienone is 3. The van der Waals surface area contributed by atoms with Crippen LogP contribution < -0.4 is 0 Å². The van der Waals surface area contributed by atoms with Gasteiger partial charge in [0.2, 0.25) is 0 Å². The molecule has 0 nitrogen and oxygen atoms in total. The molecule has 0 aromatic carbocycles. The molecule has 0 N–H and O–H groups in total. The monoisotopic (exact) mass is 114 g/mol. The van der Waals surface area contributed by atoms with Crippen LogP contribution in [-0.4, -0.2) is 6.17 Å². The smallest absolute Gasteiger partial charge is 0.122 e. The minimum atomic E-state index is -0.911. The second-order valence-electron chi connectivity index (χ2n) is 1.69. The highest BCUT2D eigenvalue weighted by atomic mass is 19.1. The maximum Gasteiger partial charge on any atom is 0.122 e. The largest absolute Gasteiger partial charge is 0.243 e. The summed E-state index contributed by atoms with van der Waals surface area (Å²) in [7, 11) is 0. The molecule has 0 bridgehead atoms. The highest BCUT2D eigenvalue weighted by Gasteiger charge is 1.96. The van der Waals surface area contributed by atoms with E-state index in [1.807, 2.05) is 6.92 Å². The molecule has 46 valence electrons. The topological polar surface area (TPSA) is 0 Å². The zero-order valence-corrected chi connectivity index (χ0v) is 5.32. The van der Waals surface area contributed by atoms with Gasteiger partial charge in [0.15, 0.2) is 0 Å². The highest BCUT2D eigenvalue weighted by Crippen LogP contribution is 2.03. The van der Waals surface area contributed by atoms with Crippen LogP contribution in [0, 0.1) is 0 Å². The van der Waals surface area contributed by atoms with E-state index in [1.54, 1.807) is 12.2 Å². The van der Waals surface area contributed by atoms with Crippen LogP contribution in [0.2, 0.25) is 0 Å². The van der Waals surface area contributed by atoms with Crippen LogP contribution >= 0.6 is 0 Å². The highest BCUT2D eigenvalue weighted by molar-refractivity contribution is 5.17. The summed E-state index contributed by atoms with van der Waals surface area (Å²) in [6.07, 6.45) is 2.54. The number of alkyl halides is 1. The number of halogens is 1. The van der Waals surface area contributed by atoms with E-state index in [4.69, 9.17) is 0 Å². The Morgan fingerprint density at radius 3 is 2.38 bits per heavy atom. The van der Waals surface area contributed by atoms with Crippen molar-refractivity contribution in [3.05, 3.63) is 24.3 Å². The molecule has 0 aliphatic carbocycles. The Morgan fingerprint density at radius 1 is 1.75 bits per heavy atom. The minimum Gasteiger partial charge on any atom is -0.243 e. The predicted octanol–water partition coefficient (Wildman–Crippen LogP) is 2.48. The van der Waals surface area contributed by atoms with Crippen LogP contribution in [0.25, 0.3) is 0 Å². The third kappa shape index (κ3) is 2.56. The molecule has 0 aliphatic rings. The zero-order valence-electron chi connectivity index (χ0n) is 5.32. The molecule has 0 rings (SSSR count). The van der Waals surface area contributed by atoms with E-state index in [0.29, 0.717) is 5.57 Å². The van der Waals surface area contributed by atoms with E-state index in [1.165, 1.54) is 6.92 Å². The predicted molar refractivity (Wildman–Crippen MR) is 34.5 cm³/mol. The van der Waals surface area contributed by atoms with E-state index in [9.17, 15) is 4.39 Å². The Labute approximate surface area is 49.7 Å². The van der Waals surface area contributed by atoms with Gasteiger partial charge in [-0.3, -0.25) is 0 Å². The fourth-order valence-corrected chi connectivity index (χ4v) is 0.347. The summed E-state index contributed by atoms with van der Waals surface area (Å²) in [5, 5.41) is 0. The average molecular weight is 114 g/mol. The lowest BCUT2D eigenvalue weighted by molar-refractivity contribution is 0.418. The molecule has 0 aliphatic heterocycles. The van der Waals surface area contributed by atoms with E-state index in [2.05, 4.69) is 6.58 Å². The van der Waals surface area contributed by atoms with Crippen molar-refractivity contribution in [1.82, 2.24) is 0 Å². The van der Waals surface area contributed by atoms with Crippen molar-refractivity contribution in [2.45, 2.75) is 20.0 Å². The molecule has 0 aromatic heterocycles. The molecular weight excluding hydrogens is 103 g/mol. The Bertz CT molecular complexity index is 101. The summed E-state index contributed by atoms with van der Waals surface area (Å²) >= 11 is 0. The van der Waals surface area contributed by atoms with Crippen molar-refractivity contribution >= 4 is 0 Å². The standard InChI is InChI=1S/C7H11F/c1-4-5-6(2)7(3)8/h4-5,7H,2H2,1,3H3/b5-4-/t7-/m1/s1. The van der Waals surface area contributed by atoms with Crippen LogP contribution in [0.1, 0.15) is 13.8 Å². The van der Waals surface area contributed by atoms with E-state index in [-0.39, 0.29) is 0 Å². The molecule has 0 heterocycles. The van der Waals surface area contributed by atoms with Gasteiger partial charge in [-0.15, -0.1) is 0 Å². The van der Waals surface area contributed by atoms with Gasteiger partial charge in [0.05, 0.1) is 0 Å². The van der Waals surface area contributed by atoms with Crippen LogP contribution in [0.3, 0.4) is 0 Å². The van der Waals surface area contributed by atoms with Crippen molar-refractivity contribution in [1.29, 1.82) is 0 Å². The van der Waals surface area contributed by atoms with E-state index < -0.39 is 6.17 Å². The zero-order chi connectivity index (χ0) is 6.57. The molecule has 0 unspecified atom stereocenters. The Balaban J connectivity index is 3.66. The lowest BCUT2D eigenvalue weighted by Crippen LogP contribution is -1.91. The van der Waals surface area contributed by atoms with Gasteiger partial charge in [-0.1, -0.05) is 18.7 Å². The molecular formula is C7H11F. The summed E-state index contributed by atoms with van der Waals surface area (Å²) in [4.78, 5) is 0. The average Bonchev–Trinajstić information content (AvgIpc) is 1.67. The second kappa shape index (κ2) is 3.42. The summed E-state index contributed by atoms with van der Waals surface area (Å²) in [6.45, 7) is 6.80. The summed E-state index contributed by atoms with van der Waals surface area (Å²) < 4.78 is 12.1. The molecule has 1 heteroatoms. The summed E-state index contributed by atoms with van der Waals surface area (Å²) in [6, 6.07) is 0. The van der Waals surface area contributed by atoms with Crippen LogP contribution in [0.5, 0.6) is 0 Å². The van der Waals surface area contributed by atoms with Crippen LogP contribution in [0.15, 0.2) is 24.3 Å². The summed E-state index contributed by atoms with van der Waals surface area (Å²) in [5.74, 6) is 0. The quantitative estimate of drug-likeness (QED) is 0.484. The Hall–Kier alpha value is -0.590. The van der Waals surface area contributed by atoms with Gasteiger partial charge in [0, 0.05) is 0 Å². The first kappa shape index (κ1) is 7.41. The van der Waals surface area contributed by atoms with Gasteiger partial charge in [-0.2, -0.15) is 0 Å². The van der Waals surface area contributed by atoms with Gasteiger partial charge >= 0.3 is 0 Å². The maximum atomic E-state index is 12.1.